The average molecular weight is 267 g/mol. The van der Waals surface area contributed by atoms with E-state index in [1.807, 2.05) is 14.0 Å². The number of thioether (sulfide) groups is 1. The molecule has 0 aliphatic heterocycles. The van der Waals surface area contributed by atoms with Crippen LogP contribution in [0.4, 0.5) is 0 Å². The third-order valence-corrected chi connectivity index (χ3v) is 3.65. The van der Waals surface area contributed by atoms with Crippen LogP contribution in [0.25, 0.3) is 0 Å². The highest BCUT2D eigenvalue weighted by molar-refractivity contribution is 7.99. The maximum absolute atomic E-state index is 11.2. The zero-order valence-corrected chi connectivity index (χ0v) is 12.0. The second-order valence-electron chi connectivity index (χ2n) is 4.07. The number of aryl methyl sites for hydroxylation is 1. The van der Waals surface area contributed by atoms with E-state index in [1.54, 1.807) is 11.8 Å². The molecule has 4 heteroatoms. The summed E-state index contributed by atoms with van der Waals surface area (Å²) in [5.41, 5.74) is 2.51. The molecule has 100 valence electrons. The topological polar surface area (TPSA) is 38.3 Å². The lowest BCUT2D eigenvalue weighted by atomic mass is 10.1. The Hall–Kier alpha value is -1.00. The molecule has 1 N–H and O–H groups in total. The highest BCUT2D eigenvalue weighted by Crippen LogP contribution is 2.18. The van der Waals surface area contributed by atoms with Crippen molar-refractivity contribution in [1.29, 1.82) is 0 Å². The van der Waals surface area contributed by atoms with Gasteiger partial charge in [-0.2, -0.15) is 0 Å². The fourth-order valence-corrected chi connectivity index (χ4v) is 2.57. The molecule has 0 saturated heterocycles. The zero-order chi connectivity index (χ0) is 13.4. The lowest BCUT2D eigenvalue weighted by molar-refractivity contribution is -0.139. The molecule has 0 fully saturated rings. The van der Waals surface area contributed by atoms with Crippen molar-refractivity contribution < 1.29 is 9.53 Å². The molecule has 0 aromatic heterocycles. The first kappa shape index (κ1) is 15.1. The van der Waals surface area contributed by atoms with Crippen molar-refractivity contribution >= 4 is 17.7 Å². The quantitative estimate of drug-likeness (QED) is 0.771. The molecule has 1 unspecified atom stereocenters. The fraction of sp³-hybridized carbons (Fsp3) is 0.500. The van der Waals surface area contributed by atoms with Crippen molar-refractivity contribution in [3.05, 3.63) is 35.4 Å². The minimum Gasteiger partial charge on any atom is -0.465 e. The Bertz CT molecular complexity index is 365. The Morgan fingerprint density at radius 3 is 2.61 bits per heavy atom. The van der Waals surface area contributed by atoms with Gasteiger partial charge >= 0.3 is 5.97 Å². The van der Waals surface area contributed by atoms with Crippen LogP contribution in [0.2, 0.25) is 0 Å². The van der Waals surface area contributed by atoms with Gasteiger partial charge in [-0.15, -0.1) is 11.8 Å². The van der Waals surface area contributed by atoms with Gasteiger partial charge in [0, 0.05) is 11.8 Å². The van der Waals surface area contributed by atoms with Gasteiger partial charge < -0.3 is 10.1 Å². The smallest absolute Gasteiger partial charge is 0.315 e. The van der Waals surface area contributed by atoms with Gasteiger partial charge in [-0.05, 0) is 26.5 Å². The molecule has 0 heterocycles. The van der Waals surface area contributed by atoms with Crippen LogP contribution in [-0.4, -0.2) is 31.1 Å². The lowest BCUT2D eigenvalue weighted by Gasteiger charge is -2.16. The molecule has 0 aliphatic carbocycles. The second-order valence-corrected chi connectivity index (χ2v) is 5.10. The lowest BCUT2D eigenvalue weighted by Crippen LogP contribution is -2.19. The molecule has 0 bridgehead atoms. The van der Waals surface area contributed by atoms with E-state index < -0.39 is 0 Å². The van der Waals surface area contributed by atoms with Gasteiger partial charge in [0.05, 0.1) is 12.4 Å². The normalized spacial score (nSPS) is 12.2. The number of nitrogens with one attached hydrogen (secondary N) is 1. The summed E-state index contributed by atoms with van der Waals surface area (Å²) in [5.74, 6) is 1.14. The molecule has 0 saturated carbocycles. The van der Waals surface area contributed by atoms with E-state index in [4.69, 9.17) is 4.74 Å². The van der Waals surface area contributed by atoms with Crippen molar-refractivity contribution in [2.24, 2.45) is 0 Å². The van der Waals surface area contributed by atoms with Gasteiger partial charge in [0.1, 0.15) is 0 Å². The van der Waals surface area contributed by atoms with E-state index in [0.717, 1.165) is 5.75 Å². The second kappa shape index (κ2) is 8.16. The van der Waals surface area contributed by atoms with E-state index in [2.05, 4.69) is 36.5 Å². The maximum Gasteiger partial charge on any atom is 0.315 e. The third-order valence-electron chi connectivity index (χ3n) is 2.64. The van der Waals surface area contributed by atoms with Gasteiger partial charge in [-0.1, -0.05) is 29.8 Å². The first-order valence-corrected chi connectivity index (χ1v) is 7.30. The molecule has 1 aromatic rings. The largest absolute Gasteiger partial charge is 0.465 e. The summed E-state index contributed by atoms with van der Waals surface area (Å²) >= 11 is 1.60. The van der Waals surface area contributed by atoms with Crippen molar-refractivity contribution in [2.45, 2.75) is 19.9 Å². The minimum absolute atomic E-state index is 0.138. The Kier molecular flexibility index (Phi) is 6.83. The van der Waals surface area contributed by atoms with Crippen LogP contribution in [0.15, 0.2) is 24.3 Å². The van der Waals surface area contributed by atoms with Crippen molar-refractivity contribution in [1.82, 2.24) is 5.32 Å². The van der Waals surface area contributed by atoms with E-state index in [0.29, 0.717) is 12.4 Å². The summed E-state index contributed by atoms with van der Waals surface area (Å²) in [6, 6.07) is 8.74. The Morgan fingerprint density at radius 2 is 2.06 bits per heavy atom. The van der Waals surface area contributed by atoms with Gasteiger partial charge in [0.2, 0.25) is 0 Å². The molecule has 0 aliphatic rings. The average Bonchev–Trinajstić information content (AvgIpc) is 2.36. The Balaban J connectivity index is 2.42. The van der Waals surface area contributed by atoms with Crippen LogP contribution >= 0.6 is 11.8 Å². The summed E-state index contributed by atoms with van der Waals surface area (Å²) < 4.78 is 4.90. The van der Waals surface area contributed by atoms with E-state index in [-0.39, 0.29) is 12.0 Å². The van der Waals surface area contributed by atoms with Crippen LogP contribution < -0.4 is 5.32 Å². The molecule has 1 rings (SSSR count). The molecule has 1 aromatic carbocycles. The minimum atomic E-state index is -0.138. The van der Waals surface area contributed by atoms with E-state index in [9.17, 15) is 4.79 Å². The van der Waals surface area contributed by atoms with Gasteiger partial charge in [-0.3, -0.25) is 4.79 Å². The maximum atomic E-state index is 11.2. The monoisotopic (exact) mass is 267 g/mol. The predicted molar refractivity (Wildman–Crippen MR) is 76.9 cm³/mol. The molecule has 0 spiro atoms. The predicted octanol–water partition coefficient (Wildman–Crippen LogP) is 2.55. The fourth-order valence-electron chi connectivity index (χ4n) is 1.61. The van der Waals surface area contributed by atoms with E-state index in [1.165, 1.54) is 11.1 Å². The molecule has 3 nitrogen and oxygen atoms in total. The van der Waals surface area contributed by atoms with Crippen molar-refractivity contribution in [2.75, 3.05) is 25.2 Å². The molecule has 18 heavy (non-hydrogen) atoms. The van der Waals surface area contributed by atoms with Gasteiger partial charge in [0.25, 0.3) is 0 Å². The summed E-state index contributed by atoms with van der Waals surface area (Å²) in [4.78, 5) is 11.2. The first-order valence-electron chi connectivity index (χ1n) is 6.14. The number of hydrogen-bond donors (Lipinski definition) is 1. The highest BCUT2D eigenvalue weighted by atomic mass is 32.2. The van der Waals surface area contributed by atoms with Crippen molar-refractivity contribution in [3.63, 3.8) is 0 Å². The number of carbonyl (C=O) groups excluding carboxylic acids is 1. The standard InChI is InChI=1S/C14H21NO2S/c1-4-17-14(16)10-18-9-13(15-3)12-7-5-11(2)6-8-12/h5-8,13,15H,4,9-10H2,1-3H3. The number of ether oxygens (including phenoxy) is 1. The summed E-state index contributed by atoms with van der Waals surface area (Å²) in [7, 11) is 1.94. The van der Waals surface area contributed by atoms with Gasteiger partial charge in [-0.25, -0.2) is 0 Å². The molecular formula is C14H21NO2S. The Morgan fingerprint density at radius 1 is 1.39 bits per heavy atom. The van der Waals surface area contributed by atoms with Gasteiger partial charge in [0.15, 0.2) is 0 Å². The van der Waals surface area contributed by atoms with Crippen LogP contribution in [0.5, 0.6) is 0 Å². The summed E-state index contributed by atoms with van der Waals surface area (Å²) in [6.07, 6.45) is 0. The molecule has 1 atom stereocenters. The Labute approximate surface area is 113 Å². The van der Waals surface area contributed by atoms with Crippen LogP contribution in [0.3, 0.4) is 0 Å². The SMILES string of the molecule is CCOC(=O)CSCC(NC)c1ccc(C)cc1. The number of hydrogen-bond acceptors (Lipinski definition) is 4. The summed E-state index contributed by atoms with van der Waals surface area (Å²) in [5, 5.41) is 3.27. The molecule has 0 radical (unpaired) electrons. The van der Waals surface area contributed by atoms with E-state index >= 15 is 0 Å². The number of esters is 1. The van der Waals surface area contributed by atoms with Crippen LogP contribution in [0, 0.1) is 6.92 Å². The van der Waals surface area contributed by atoms with Crippen molar-refractivity contribution in [3.8, 4) is 0 Å². The third kappa shape index (κ3) is 5.10. The summed E-state index contributed by atoms with van der Waals surface area (Å²) in [6.45, 7) is 4.35. The number of carbonyl (C=O) groups is 1. The first-order chi connectivity index (χ1) is 8.67. The van der Waals surface area contributed by atoms with Crippen LogP contribution in [0.1, 0.15) is 24.1 Å². The number of rotatable bonds is 7. The van der Waals surface area contributed by atoms with Crippen LogP contribution in [-0.2, 0) is 9.53 Å². The number of benzene rings is 1. The molecular weight excluding hydrogens is 246 g/mol. The molecule has 0 amide bonds. The highest BCUT2D eigenvalue weighted by Gasteiger charge is 2.10. The zero-order valence-electron chi connectivity index (χ0n) is 11.2.